The first kappa shape index (κ1) is 12.5. The number of aromatic nitrogens is 1. The van der Waals surface area contributed by atoms with Crippen LogP contribution in [-0.2, 0) is 6.42 Å². The predicted octanol–water partition coefficient (Wildman–Crippen LogP) is 1.37. The van der Waals surface area contributed by atoms with Crippen molar-refractivity contribution in [3.8, 4) is 0 Å². The van der Waals surface area contributed by atoms with E-state index in [9.17, 15) is 4.79 Å². The van der Waals surface area contributed by atoms with Crippen LogP contribution < -0.4 is 5.73 Å². The van der Waals surface area contributed by atoms with Crippen LogP contribution in [0.5, 0.6) is 0 Å². The third-order valence-corrected chi connectivity index (χ3v) is 4.31. The highest BCUT2D eigenvalue weighted by Gasteiger charge is 2.30. The minimum absolute atomic E-state index is 0.0701. The van der Waals surface area contributed by atoms with Gasteiger partial charge in [0.15, 0.2) is 0 Å². The van der Waals surface area contributed by atoms with E-state index < -0.39 is 0 Å². The van der Waals surface area contributed by atoms with Gasteiger partial charge in [0.05, 0.1) is 5.01 Å². The van der Waals surface area contributed by atoms with Gasteiger partial charge < -0.3 is 10.6 Å². The van der Waals surface area contributed by atoms with Crippen LogP contribution >= 0.6 is 11.3 Å². The molecule has 1 amide bonds. The smallest absolute Gasteiger partial charge is 0.273 e. The summed E-state index contributed by atoms with van der Waals surface area (Å²) in [4.78, 5) is 18.4. The lowest BCUT2D eigenvalue weighted by atomic mass is 10.0. The average molecular weight is 253 g/mol. The van der Waals surface area contributed by atoms with Gasteiger partial charge in [-0.3, -0.25) is 4.79 Å². The highest BCUT2D eigenvalue weighted by atomic mass is 32.1. The summed E-state index contributed by atoms with van der Waals surface area (Å²) in [5, 5.41) is 2.80. The van der Waals surface area contributed by atoms with E-state index in [1.807, 2.05) is 10.3 Å². The second-order valence-electron chi connectivity index (χ2n) is 4.83. The van der Waals surface area contributed by atoms with Gasteiger partial charge in [-0.1, -0.05) is 13.8 Å². The Bertz CT molecular complexity index is 394. The maximum Gasteiger partial charge on any atom is 0.273 e. The minimum Gasteiger partial charge on any atom is -0.337 e. The second kappa shape index (κ2) is 5.14. The molecule has 0 radical (unpaired) electrons. The van der Waals surface area contributed by atoms with E-state index >= 15 is 0 Å². The van der Waals surface area contributed by atoms with E-state index in [0.29, 0.717) is 24.1 Å². The molecule has 4 nitrogen and oxygen atoms in total. The highest BCUT2D eigenvalue weighted by molar-refractivity contribution is 7.09. The number of carbonyl (C=O) groups excluding carboxylic acids is 1. The zero-order valence-corrected chi connectivity index (χ0v) is 11.2. The molecule has 0 aromatic carbocycles. The van der Waals surface area contributed by atoms with E-state index in [0.717, 1.165) is 24.5 Å². The van der Waals surface area contributed by atoms with Crippen molar-refractivity contribution in [1.82, 2.24) is 9.88 Å². The predicted molar refractivity (Wildman–Crippen MR) is 69.1 cm³/mol. The monoisotopic (exact) mass is 253 g/mol. The van der Waals surface area contributed by atoms with Gasteiger partial charge in [-0.15, -0.1) is 11.3 Å². The first-order valence-corrected chi connectivity index (χ1v) is 6.93. The fourth-order valence-electron chi connectivity index (χ4n) is 2.10. The summed E-state index contributed by atoms with van der Waals surface area (Å²) in [7, 11) is 0. The molecule has 1 aliphatic heterocycles. The maximum atomic E-state index is 12.2. The van der Waals surface area contributed by atoms with Crippen LogP contribution in [0.1, 0.15) is 29.3 Å². The van der Waals surface area contributed by atoms with E-state index in [2.05, 4.69) is 18.8 Å². The van der Waals surface area contributed by atoms with Crippen LogP contribution in [0.4, 0.5) is 0 Å². The van der Waals surface area contributed by atoms with Crippen molar-refractivity contribution in [2.24, 2.45) is 17.6 Å². The third kappa shape index (κ3) is 2.66. The molecule has 1 saturated heterocycles. The molecule has 0 unspecified atom stereocenters. The Morgan fingerprint density at radius 2 is 2.18 bits per heavy atom. The summed E-state index contributed by atoms with van der Waals surface area (Å²) in [5.74, 6) is 1.24. The van der Waals surface area contributed by atoms with Gasteiger partial charge >= 0.3 is 0 Å². The highest BCUT2D eigenvalue weighted by Crippen LogP contribution is 2.24. The largest absolute Gasteiger partial charge is 0.337 e. The zero-order valence-electron chi connectivity index (χ0n) is 10.3. The molecule has 2 heterocycles. The van der Waals surface area contributed by atoms with Crippen LogP contribution in [0.25, 0.3) is 0 Å². The second-order valence-corrected chi connectivity index (χ2v) is 5.77. The summed E-state index contributed by atoms with van der Waals surface area (Å²) in [5.41, 5.74) is 6.06. The third-order valence-electron chi connectivity index (χ3n) is 3.40. The Morgan fingerprint density at radius 3 is 2.76 bits per heavy atom. The molecule has 0 aliphatic carbocycles. The number of hydrogen-bond acceptors (Lipinski definition) is 4. The Balaban J connectivity index is 2.04. The van der Waals surface area contributed by atoms with Crippen LogP contribution in [0, 0.1) is 11.8 Å². The molecule has 0 saturated carbocycles. The number of carbonyl (C=O) groups is 1. The van der Waals surface area contributed by atoms with Gasteiger partial charge in [-0.2, -0.15) is 0 Å². The fraction of sp³-hybridized carbons (Fsp3) is 0.667. The Morgan fingerprint density at radius 1 is 1.53 bits per heavy atom. The SMILES string of the molecule is C[C@@H]1CN(C(=O)c2csc(CCN)n2)C[C@H]1C. The molecule has 1 fully saturated rings. The standard InChI is InChI=1S/C12H19N3OS/c1-8-5-15(6-9(8)2)12(16)10-7-17-11(14-10)3-4-13/h7-9H,3-6,13H2,1-2H3/t8-,9-/m1/s1. The Kier molecular flexibility index (Phi) is 3.79. The molecule has 1 aliphatic rings. The number of likely N-dealkylation sites (tertiary alicyclic amines) is 1. The van der Waals surface area contributed by atoms with Crippen molar-refractivity contribution >= 4 is 17.2 Å². The van der Waals surface area contributed by atoms with Crippen molar-refractivity contribution < 1.29 is 4.79 Å². The van der Waals surface area contributed by atoms with Crippen LogP contribution in [0.2, 0.25) is 0 Å². The number of nitrogens with two attached hydrogens (primary N) is 1. The van der Waals surface area contributed by atoms with E-state index in [-0.39, 0.29) is 5.91 Å². The summed E-state index contributed by atoms with van der Waals surface area (Å²) in [6.45, 7) is 6.67. The van der Waals surface area contributed by atoms with Crippen molar-refractivity contribution in [1.29, 1.82) is 0 Å². The molecular formula is C12H19N3OS. The van der Waals surface area contributed by atoms with Gasteiger partial charge in [-0.05, 0) is 18.4 Å². The maximum absolute atomic E-state index is 12.2. The Hall–Kier alpha value is -0.940. The van der Waals surface area contributed by atoms with Crippen molar-refractivity contribution in [2.45, 2.75) is 20.3 Å². The molecular weight excluding hydrogens is 234 g/mol. The number of hydrogen-bond donors (Lipinski definition) is 1. The normalized spacial score (nSPS) is 24.3. The Labute approximate surface area is 106 Å². The van der Waals surface area contributed by atoms with E-state index in [1.165, 1.54) is 11.3 Å². The fourth-order valence-corrected chi connectivity index (χ4v) is 2.89. The molecule has 1 aromatic heterocycles. The number of nitrogens with zero attached hydrogens (tertiary/aromatic N) is 2. The van der Waals surface area contributed by atoms with Crippen molar-refractivity contribution in [2.75, 3.05) is 19.6 Å². The lowest BCUT2D eigenvalue weighted by Crippen LogP contribution is -2.29. The molecule has 94 valence electrons. The van der Waals surface area contributed by atoms with Crippen LogP contribution in [-0.4, -0.2) is 35.4 Å². The molecule has 2 N–H and O–H groups in total. The summed E-state index contributed by atoms with van der Waals surface area (Å²) in [6.07, 6.45) is 0.755. The van der Waals surface area contributed by atoms with Crippen LogP contribution in [0.15, 0.2) is 5.38 Å². The minimum atomic E-state index is 0.0701. The average Bonchev–Trinajstić information content (AvgIpc) is 2.87. The van der Waals surface area contributed by atoms with Crippen LogP contribution in [0.3, 0.4) is 0 Å². The molecule has 0 spiro atoms. The summed E-state index contributed by atoms with van der Waals surface area (Å²) in [6, 6.07) is 0. The number of rotatable bonds is 3. The van der Waals surface area contributed by atoms with Gasteiger partial charge in [0.1, 0.15) is 5.69 Å². The van der Waals surface area contributed by atoms with Crippen molar-refractivity contribution in [3.05, 3.63) is 16.1 Å². The van der Waals surface area contributed by atoms with E-state index in [4.69, 9.17) is 5.73 Å². The first-order chi connectivity index (χ1) is 8.11. The quantitative estimate of drug-likeness (QED) is 0.885. The van der Waals surface area contributed by atoms with Crippen molar-refractivity contribution in [3.63, 3.8) is 0 Å². The number of amides is 1. The molecule has 1 aromatic rings. The molecule has 2 atom stereocenters. The summed E-state index contributed by atoms with van der Waals surface area (Å²) < 4.78 is 0. The van der Waals surface area contributed by atoms with Gasteiger partial charge in [-0.25, -0.2) is 4.98 Å². The van der Waals surface area contributed by atoms with Gasteiger partial charge in [0.2, 0.25) is 0 Å². The first-order valence-electron chi connectivity index (χ1n) is 6.05. The van der Waals surface area contributed by atoms with Gasteiger partial charge in [0.25, 0.3) is 5.91 Å². The topological polar surface area (TPSA) is 59.2 Å². The summed E-state index contributed by atoms with van der Waals surface area (Å²) >= 11 is 1.52. The lowest BCUT2D eigenvalue weighted by Gasteiger charge is -2.14. The molecule has 17 heavy (non-hydrogen) atoms. The molecule has 5 heteroatoms. The zero-order chi connectivity index (χ0) is 12.4. The molecule has 0 bridgehead atoms. The lowest BCUT2D eigenvalue weighted by molar-refractivity contribution is 0.0780. The molecule has 2 rings (SSSR count). The van der Waals surface area contributed by atoms with Gasteiger partial charge in [0, 0.05) is 24.9 Å². The van der Waals surface area contributed by atoms with E-state index in [1.54, 1.807) is 0 Å². The number of thiazole rings is 1.